The Kier molecular flexibility index (Phi) is 7.73. The van der Waals surface area contributed by atoms with Gasteiger partial charge in [-0.05, 0) is 42.9 Å². The van der Waals surface area contributed by atoms with Crippen LogP contribution in [-0.2, 0) is 20.9 Å². The summed E-state index contributed by atoms with van der Waals surface area (Å²) in [6.45, 7) is 3.44. The van der Waals surface area contributed by atoms with Crippen LogP contribution in [0.1, 0.15) is 36.8 Å². The normalized spacial score (nSPS) is 18.2. The molecule has 2 aromatic carbocycles. The maximum absolute atomic E-state index is 13.0. The van der Waals surface area contributed by atoms with Gasteiger partial charge in [0.2, 0.25) is 11.8 Å². The number of piperidine rings is 2. The fourth-order valence-electron chi connectivity index (χ4n) is 4.47. The predicted octanol–water partition coefficient (Wildman–Crippen LogP) is 4.15. The zero-order valence-corrected chi connectivity index (χ0v) is 18.6. The third kappa shape index (κ3) is 6.07. The zero-order chi connectivity index (χ0) is 22.2. The van der Waals surface area contributed by atoms with Crippen LogP contribution in [0.5, 0.6) is 0 Å². The molecule has 32 heavy (non-hydrogen) atoms. The topological polar surface area (TPSA) is 49.9 Å². The quantitative estimate of drug-likeness (QED) is 0.645. The Hall–Kier alpha value is -2.92. The van der Waals surface area contributed by atoms with Gasteiger partial charge in [0.15, 0.2) is 0 Å². The van der Waals surface area contributed by atoms with Crippen LogP contribution < -0.4 is 0 Å². The minimum Gasteiger partial charge on any atom is -0.373 e. The maximum Gasteiger partial charge on any atom is 0.246 e. The minimum atomic E-state index is 0.0242. The van der Waals surface area contributed by atoms with Crippen molar-refractivity contribution in [2.45, 2.75) is 38.4 Å². The molecule has 2 amide bonds. The summed E-state index contributed by atoms with van der Waals surface area (Å²) in [5.74, 6) is 0.300. The first kappa shape index (κ1) is 22.3. The summed E-state index contributed by atoms with van der Waals surface area (Å²) in [7, 11) is 0. The molecule has 2 aliphatic heterocycles. The van der Waals surface area contributed by atoms with Crippen molar-refractivity contribution in [3.63, 3.8) is 0 Å². The Morgan fingerprint density at radius 2 is 1.41 bits per heavy atom. The molecule has 0 aromatic heterocycles. The van der Waals surface area contributed by atoms with Crippen molar-refractivity contribution in [3.05, 3.63) is 77.9 Å². The van der Waals surface area contributed by atoms with Gasteiger partial charge in [-0.3, -0.25) is 9.59 Å². The molecule has 168 valence electrons. The summed E-state index contributed by atoms with van der Waals surface area (Å²) in [6.07, 6.45) is 6.97. The average molecular weight is 433 g/mol. The van der Waals surface area contributed by atoms with Crippen molar-refractivity contribution >= 4 is 17.9 Å². The predicted molar refractivity (Wildman–Crippen MR) is 126 cm³/mol. The van der Waals surface area contributed by atoms with E-state index in [4.69, 9.17) is 4.74 Å². The first-order valence-electron chi connectivity index (χ1n) is 11.7. The third-order valence-corrected chi connectivity index (χ3v) is 6.46. The van der Waals surface area contributed by atoms with Gasteiger partial charge in [0.1, 0.15) is 0 Å². The Morgan fingerprint density at radius 3 is 2.06 bits per heavy atom. The molecule has 2 saturated heterocycles. The zero-order valence-electron chi connectivity index (χ0n) is 18.6. The number of ether oxygens (including phenoxy) is 1. The van der Waals surface area contributed by atoms with Gasteiger partial charge < -0.3 is 14.5 Å². The number of amides is 2. The Morgan fingerprint density at radius 1 is 0.812 bits per heavy atom. The van der Waals surface area contributed by atoms with E-state index < -0.39 is 0 Å². The van der Waals surface area contributed by atoms with Gasteiger partial charge in [-0.1, -0.05) is 60.7 Å². The van der Waals surface area contributed by atoms with Crippen molar-refractivity contribution in [2.75, 3.05) is 26.2 Å². The van der Waals surface area contributed by atoms with Gasteiger partial charge >= 0.3 is 0 Å². The number of rotatable bonds is 6. The van der Waals surface area contributed by atoms with E-state index in [1.165, 1.54) is 5.56 Å². The van der Waals surface area contributed by atoms with Crippen LogP contribution >= 0.6 is 0 Å². The number of carbonyl (C=O) groups is 2. The standard InChI is InChI=1S/C27H32N2O3/c30-26(12-11-22-7-3-1-4-8-22)28-17-13-24(14-18-28)27(31)29-19-15-25(16-20-29)32-21-23-9-5-2-6-10-23/h1-12,24-25H,13-21H2/b12-11+. The molecule has 0 aliphatic carbocycles. The molecule has 0 bridgehead atoms. The monoisotopic (exact) mass is 432 g/mol. The SMILES string of the molecule is O=C(/C=C/c1ccccc1)N1CCC(C(=O)N2CCC(OCc3ccccc3)CC2)CC1. The maximum atomic E-state index is 13.0. The molecule has 0 N–H and O–H groups in total. The molecule has 2 aliphatic rings. The fourth-order valence-corrected chi connectivity index (χ4v) is 4.47. The summed E-state index contributed by atoms with van der Waals surface area (Å²) in [4.78, 5) is 29.3. The van der Waals surface area contributed by atoms with Crippen LogP contribution in [0.3, 0.4) is 0 Å². The second-order valence-electron chi connectivity index (χ2n) is 8.66. The Labute approximate surface area is 190 Å². The highest BCUT2D eigenvalue weighted by molar-refractivity contribution is 5.92. The molecule has 2 heterocycles. The van der Waals surface area contributed by atoms with E-state index in [1.54, 1.807) is 6.08 Å². The second-order valence-corrected chi connectivity index (χ2v) is 8.66. The first-order chi connectivity index (χ1) is 15.7. The van der Waals surface area contributed by atoms with Crippen LogP contribution in [-0.4, -0.2) is 53.9 Å². The smallest absolute Gasteiger partial charge is 0.246 e. The van der Waals surface area contributed by atoms with Crippen molar-refractivity contribution < 1.29 is 14.3 Å². The number of benzene rings is 2. The molecular weight excluding hydrogens is 400 g/mol. The minimum absolute atomic E-state index is 0.0242. The fraction of sp³-hybridized carbons (Fsp3) is 0.407. The van der Waals surface area contributed by atoms with Crippen LogP contribution in [0.4, 0.5) is 0 Å². The highest BCUT2D eigenvalue weighted by atomic mass is 16.5. The van der Waals surface area contributed by atoms with E-state index in [1.807, 2.05) is 64.4 Å². The second kappa shape index (κ2) is 11.1. The van der Waals surface area contributed by atoms with Crippen LogP contribution in [0.2, 0.25) is 0 Å². The van der Waals surface area contributed by atoms with E-state index in [-0.39, 0.29) is 23.8 Å². The van der Waals surface area contributed by atoms with Gasteiger partial charge in [0, 0.05) is 38.2 Å². The number of carbonyl (C=O) groups excluding carboxylic acids is 2. The average Bonchev–Trinajstić information content (AvgIpc) is 2.87. The summed E-state index contributed by atoms with van der Waals surface area (Å²) < 4.78 is 6.05. The lowest BCUT2D eigenvalue weighted by Crippen LogP contribution is -2.47. The van der Waals surface area contributed by atoms with Crippen molar-refractivity contribution in [3.8, 4) is 0 Å². The van der Waals surface area contributed by atoms with E-state index in [9.17, 15) is 9.59 Å². The summed E-state index contributed by atoms with van der Waals surface area (Å²) >= 11 is 0. The lowest BCUT2D eigenvalue weighted by molar-refractivity contribution is -0.141. The number of hydrogen-bond acceptors (Lipinski definition) is 3. The lowest BCUT2D eigenvalue weighted by Gasteiger charge is -2.37. The molecule has 0 unspecified atom stereocenters. The van der Waals surface area contributed by atoms with E-state index in [0.29, 0.717) is 19.7 Å². The van der Waals surface area contributed by atoms with Gasteiger partial charge in [-0.25, -0.2) is 0 Å². The van der Waals surface area contributed by atoms with E-state index >= 15 is 0 Å². The number of nitrogens with zero attached hydrogens (tertiary/aromatic N) is 2. The van der Waals surface area contributed by atoms with Gasteiger partial charge in [-0.15, -0.1) is 0 Å². The van der Waals surface area contributed by atoms with Gasteiger partial charge in [0.05, 0.1) is 12.7 Å². The van der Waals surface area contributed by atoms with Crippen molar-refractivity contribution in [1.29, 1.82) is 0 Å². The molecular formula is C27H32N2O3. The van der Waals surface area contributed by atoms with Gasteiger partial charge in [0.25, 0.3) is 0 Å². The molecule has 5 heteroatoms. The van der Waals surface area contributed by atoms with E-state index in [2.05, 4.69) is 12.1 Å². The Balaban J connectivity index is 1.18. The Bertz CT molecular complexity index is 897. The van der Waals surface area contributed by atoms with Crippen molar-refractivity contribution in [2.24, 2.45) is 5.92 Å². The molecule has 5 nitrogen and oxygen atoms in total. The highest BCUT2D eigenvalue weighted by Gasteiger charge is 2.31. The molecule has 2 fully saturated rings. The van der Waals surface area contributed by atoms with Crippen LogP contribution in [0, 0.1) is 5.92 Å². The van der Waals surface area contributed by atoms with Crippen molar-refractivity contribution in [1.82, 2.24) is 9.80 Å². The van der Waals surface area contributed by atoms with Crippen LogP contribution in [0.15, 0.2) is 66.7 Å². The molecule has 4 rings (SSSR count). The number of likely N-dealkylation sites (tertiary alicyclic amines) is 2. The largest absolute Gasteiger partial charge is 0.373 e. The van der Waals surface area contributed by atoms with E-state index in [0.717, 1.165) is 44.3 Å². The molecule has 2 aromatic rings. The third-order valence-electron chi connectivity index (χ3n) is 6.46. The molecule has 0 atom stereocenters. The molecule has 0 saturated carbocycles. The number of hydrogen-bond donors (Lipinski definition) is 0. The molecule has 0 radical (unpaired) electrons. The highest BCUT2D eigenvalue weighted by Crippen LogP contribution is 2.23. The molecule has 0 spiro atoms. The lowest BCUT2D eigenvalue weighted by atomic mass is 9.94. The summed E-state index contributed by atoms with van der Waals surface area (Å²) in [6, 6.07) is 20.0. The van der Waals surface area contributed by atoms with Crippen LogP contribution in [0.25, 0.3) is 6.08 Å². The summed E-state index contributed by atoms with van der Waals surface area (Å²) in [5.41, 5.74) is 2.20. The first-order valence-corrected chi connectivity index (χ1v) is 11.7. The summed E-state index contributed by atoms with van der Waals surface area (Å²) in [5, 5.41) is 0. The van der Waals surface area contributed by atoms with Gasteiger partial charge in [-0.2, -0.15) is 0 Å².